The van der Waals surface area contributed by atoms with E-state index in [1.54, 1.807) is 6.92 Å². The Labute approximate surface area is 101 Å². The third-order valence-electron chi connectivity index (χ3n) is 3.16. The molecule has 0 heterocycles. The molecular formula is C13H17NO3. The minimum absolute atomic E-state index is 0.314. The average molecular weight is 235 g/mol. The van der Waals surface area contributed by atoms with E-state index in [0.29, 0.717) is 19.3 Å². The molecule has 0 saturated heterocycles. The maximum atomic E-state index is 11.5. The fourth-order valence-corrected chi connectivity index (χ4v) is 1.91. The number of hydrogen-bond acceptors (Lipinski definition) is 2. The summed E-state index contributed by atoms with van der Waals surface area (Å²) >= 11 is 0. The lowest BCUT2D eigenvalue weighted by molar-refractivity contribution is -0.154. The van der Waals surface area contributed by atoms with Crippen molar-refractivity contribution in [1.82, 2.24) is 4.90 Å². The van der Waals surface area contributed by atoms with Gasteiger partial charge in [-0.15, -0.1) is 0 Å². The molecule has 0 aliphatic carbocycles. The van der Waals surface area contributed by atoms with Gasteiger partial charge in [0, 0.05) is 13.5 Å². The highest BCUT2D eigenvalue weighted by Crippen LogP contribution is 2.23. The van der Waals surface area contributed by atoms with Crippen LogP contribution in [0.25, 0.3) is 0 Å². The number of carboxylic acid groups (broad SMARTS) is 1. The Kier molecular flexibility index (Phi) is 4.26. The summed E-state index contributed by atoms with van der Waals surface area (Å²) in [4.78, 5) is 23.6. The van der Waals surface area contributed by atoms with Crippen LogP contribution in [-0.2, 0) is 16.0 Å². The molecule has 0 spiro atoms. The zero-order chi connectivity index (χ0) is 12.9. The fraction of sp³-hybridized carbons (Fsp3) is 0.385. The second-order valence-corrected chi connectivity index (χ2v) is 4.07. The molecule has 1 N–H and O–H groups in total. The van der Waals surface area contributed by atoms with Crippen LogP contribution in [-0.4, -0.2) is 35.0 Å². The summed E-state index contributed by atoms with van der Waals surface area (Å²) in [6.07, 6.45) is 1.25. The van der Waals surface area contributed by atoms with Gasteiger partial charge in [0.25, 0.3) is 0 Å². The zero-order valence-electron chi connectivity index (χ0n) is 10.1. The molecule has 0 fully saturated rings. The highest BCUT2D eigenvalue weighted by atomic mass is 16.4. The van der Waals surface area contributed by atoms with Crippen LogP contribution in [0.2, 0.25) is 0 Å². The Morgan fingerprint density at radius 2 is 2.00 bits per heavy atom. The average Bonchev–Trinajstić information content (AvgIpc) is 2.36. The van der Waals surface area contributed by atoms with Crippen molar-refractivity contribution in [3.05, 3.63) is 35.9 Å². The van der Waals surface area contributed by atoms with Crippen LogP contribution < -0.4 is 0 Å². The van der Waals surface area contributed by atoms with E-state index in [1.807, 2.05) is 30.3 Å². The van der Waals surface area contributed by atoms with E-state index in [9.17, 15) is 14.7 Å². The van der Waals surface area contributed by atoms with E-state index < -0.39 is 11.5 Å². The standard InChI is InChI=1S/C13H17NO3/c1-3-13(12(16)17,14(2)10-15)9-11-7-5-4-6-8-11/h4-8,10H,3,9H2,1-2H3,(H,16,17). The van der Waals surface area contributed by atoms with Gasteiger partial charge in [0.05, 0.1) is 0 Å². The van der Waals surface area contributed by atoms with E-state index in [2.05, 4.69) is 0 Å². The van der Waals surface area contributed by atoms with Crippen LogP contribution in [0, 0.1) is 0 Å². The highest BCUT2D eigenvalue weighted by molar-refractivity contribution is 5.81. The number of hydrogen-bond donors (Lipinski definition) is 1. The quantitative estimate of drug-likeness (QED) is 0.761. The molecule has 1 aromatic carbocycles. The fourth-order valence-electron chi connectivity index (χ4n) is 1.91. The van der Waals surface area contributed by atoms with Crippen molar-refractivity contribution in [3.8, 4) is 0 Å². The first kappa shape index (κ1) is 13.2. The smallest absolute Gasteiger partial charge is 0.329 e. The SMILES string of the molecule is CCC(Cc1ccccc1)(C(=O)O)N(C)C=O. The molecular weight excluding hydrogens is 218 g/mol. The van der Waals surface area contributed by atoms with Gasteiger partial charge < -0.3 is 10.0 Å². The summed E-state index contributed by atoms with van der Waals surface area (Å²) in [6.45, 7) is 1.77. The van der Waals surface area contributed by atoms with Gasteiger partial charge in [0.15, 0.2) is 0 Å². The molecule has 1 aromatic rings. The van der Waals surface area contributed by atoms with Crippen molar-refractivity contribution in [1.29, 1.82) is 0 Å². The first-order valence-electron chi connectivity index (χ1n) is 5.52. The number of benzene rings is 1. The Morgan fingerprint density at radius 1 is 1.41 bits per heavy atom. The van der Waals surface area contributed by atoms with Crippen LogP contribution in [0.3, 0.4) is 0 Å². The van der Waals surface area contributed by atoms with Gasteiger partial charge in [-0.2, -0.15) is 0 Å². The van der Waals surface area contributed by atoms with Crippen LogP contribution in [0.5, 0.6) is 0 Å². The van der Waals surface area contributed by atoms with Crippen LogP contribution >= 0.6 is 0 Å². The predicted octanol–water partition coefficient (Wildman–Crippen LogP) is 1.55. The third kappa shape index (κ3) is 2.64. The molecule has 17 heavy (non-hydrogen) atoms. The monoisotopic (exact) mass is 235 g/mol. The summed E-state index contributed by atoms with van der Waals surface area (Å²) in [5, 5.41) is 9.39. The normalized spacial score (nSPS) is 13.8. The summed E-state index contributed by atoms with van der Waals surface area (Å²) in [7, 11) is 1.51. The van der Waals surface area contributed by atoms with E-state index in [0.717, 1.165) is 5.56 Å². The second kappa shape index (κ2) is 5.48. The maximum Gasteiger partial charge on any atom is 0.329 e. The van der Waals surface area contributed by atoms with Crippen molar-refractivity contribution in [2.24, 2.45) is 0 Å². The molecule has 0 aliphatic rings. The Hall–Kier alpha value is -1.84. The third-order valence-corrected chi connectivity index (χ3v) is 3.16. The molecule has 1 unspecified atom stereocenters. The molecule has 1 rings (SSSR count). The lowest BCUT2D eigenvalue weighted by Gasteiger charge is -2.35. The summed E-state index contributed by atoms with van der Waals surface area (Å²) in [6, 6.07) is 9.33. The van der Waals surface area contributed by atoms with Gasteiger partial charge >= 0.3 is 5.97 Å². The lowest BCUT2D eigenvalue weighted by Crippen LogP contribution is -2.53. The van der Waals surface area contributed by atoms with Crippen LogP contribution in [0.4, 0.5) is 0 Å². The van der Waals surface area contributed by atoms with E-state index in [4.69, 9.17) is 0 Å². The van der Waals surface area contributed by atoms with Crippen molar-refractivity contribution in [2.75, 3.05) is 7.05 Å². The summed E-state index contributed by atoms with van der Waals surface area (Å²) < 4.78 is 0. The second-order valence-electron chi connectivity index (χ2n) is 4.07. The molecule has 1 amide bonds. The first-order valence-corrected chi connectivity index (χ1v) is 5.52. The van der Waals surface area contributed by atoms with Gasteiger partial charge in [-0.3, -0.25) is 4.79 Å². The summed E-state index contributed by atoms with van der Waals surface area (Å²) in [5.41, 5.74) is -0.256. The van der Waals surface area contributed by atoms with Crippen molar-refractivity contribution < 1.29 is 14.7 Å². The van der Waals surface area contributed by atoms with E-state index in [-0.39, 0.29) is 0 Å². The minimum Gasteiger partial charge on any atom is -0.479 e. The van der Waals surface area contributed by atoms with Crippen LogP contribution in [0.15, 0.2) is 30.3 Å². The first-order chi connectivity index (χ1) is 8.06. The molecule has 92 valence electrons. The molecule has 1 atom stereocenters. The number of carbonyl (C=O) groups excluding carboxylic acids is 1. The largest absolute Gasteiger partial charge is 0.479 e. The number of nitrogens with zero attached hydrogens (tertiary/aromatic N) is 1. The number of carbonyl (C=O) groups is 2. The number of aliphatic carboxylic acids is 1. The maximum absolute atomic E-state index is 11.5. The van der Waals surface area contributed by atoms with Gasteiger partial charge in [-0.05, 0) is 12.0 Å². The Bertz CT molecular complexity index is 391. The predicted molar refractivity (Wildman–Crippen MR) is 64.6 cm³/mol. The van der Waals surface area contributed by atoms with E-state index in [1.165, 1.54) is 11.9 Å². The topological polar surface area (TPSA) is 57.6 Å². The van der Waals surface area contributed by atoms with E-state index >= 15 is 0 Å². The molecule has 4 nitrogen and oxygen atoms in total. The van der Waals surface area contributed by atoms with Crippen molar-refractivity contribution >= 4 is 12.4 Å². The molecule has 0 saturated carbocycles. The Morgan fingerprint density at radius 3 is 2.41 bits per heavy atom. The molecule has 0 aromatic heterocycles. The molecule has 4 heteroatoms. The highest BCUT2D eigenvalue weighted by Gasteiger charge is 2.40. The Balaban J connectivity index is 3.07. The molecule has 0 radical (unpaired) electrons. The molecule has 0 aliphatic heterocycles. The number of rotatable bonds is 6. The molecule has 0 bridgehead atoms. The van der Waals surface area contributed by atoms with Crippen molar-refractivity contribution in [2.45, 2.75) is 25.3 Å². The number of carboxylic acids is 1. The number of likely N-dealkylation sites (N-methyl/N-ethyl adjacent to an activating group) is 1. The number of amides is 1. The van der Waals surface area contributed by atoms with Gasteiger partial charge in [-0.1, -0.05) is 37.3 Å². The van der Waals surface area contributed by atoms with Crippen molar-refractivity contribution in [3.63, 3.8) is 0 Å². The zero-order valence-corrected chi connectivity index (χ0v) is 10.1. The lowest BCUT2D eigenvalue weighted by atomic mass is 9.87. The van der Waals surface area contributed by atoms with Gasteiger partial charge in [0.2, 0.25) is 6.41 Å². The van der Waals surface area contributed by atoms with Gasteiger partial charge in [0.1, 0.15) is 5.54 Å². The van der Waals surface area contributed by atoms with Crippen LogP contribution in [0.1, 0.15) is 18.9 Å². The summed E-state index contributed by atoms with van der Waals surface area (Å²) in [5.74, 6) is -0.974. The minimum atomic E-state index is -1.16. The van der Waals surface area contributed by atoms with Gasteiger partial charge in [-0.25, -0.2) is 4.79 Å².